The number of hydrogen-bond acceptors (Lipinski definition) is 2. The molecule has 2 heteroatoms. The molecule has 3 atom stereocenters. The van der Waals surface area contributed by atoms with Gasteiger partial charge in [0.25, 0.3) is 0 Å². The van der Waals surface area contributed by atoms with E-state index >= 15 is 0 Å². The van der Waals surface area contributed by atoms with Crippen molar-refractivity contribution in [2.75, 3.05) is 7.11 Å². The van der Waals surface area contributed by atoms with Crippen molar-refractivity contribution in [3.63, 3.8) is 0 Å². The molecular weight excluding hydrogens is 186 g/mol. The van der Waals surface area contributed by atoms with Crippen LogP contribution in [0.5, 0.6) is 0 Å². The summed E-state index contributed by atoms with van der Waals surface area (Å²) >= 11 is 0. The fourth-order valence-corrected chi connectivity index (χ4v) is 3.23. The van der Waals surface area contributed by atoms with Crippen molar-refractivity contribution < 1.29 is 4.74 Å². The van der Waals surface area contributed by atoms with Gasteiger partial charge in [-0.3, -0.25) is 0 Å². The van der Waals surface area contributed by atoms with Crippen LogP contribution in [-0.4, -0.2) is 25.3 Å². The molecule has 0 aromatic rings. The van der Waals surface area contributed by atoms with Crippen LogP contribution < -0.4 is 5.32 Å². The molecule has 3 unspecified atom stereocenters. The van der Waals surface area contributed by atoms with Gasteiger partial charge < -0.3 is 10.1 Å². The van der Waals surface area contributed by atoms with E-state index in [4.69, 9.17) is 4.74 Å². The van der Waals surface area contributed by atoms with E-state index < -0.39 is 0 Å². The lowest BCUT2D eigenvalue weighted by atomic mass is 9.87. The first kappa shape index (κ1) is 11.4. The van der Waals surface area contributed by atoms with E-state index in [1.54, 1.807) is 0 Å². The molecule has 2 aliphatic rings. The molecule has 0 saturated heterocycles. The minimum atomic E-state index is 0.505. The Labute approximate surface area is 93.8 Å². The molecule has 0 aromatic carbocycles. The van der Waals surface area contributed by atoms with Gasteiger partial charge in [0.1, 0.15) is 0 Å². The van der Waals surface area contributed by atoms with Gasteiger partial charge in [-0.1, -0.05) is 20.3 Å². The summed E-state index contributed by atoms with van der Waals surface area (Å²) in [7, 11) is 1.84. The summed E-state index contributed by atoms with van der Waals surface area (Å²) in [6, 6.07) is 1.44. The Morgan fingerprint density at radius 2 is 2.00 bits per heavy atom. The maximum Gasteiger partial charge on any atom is 0.0586 e. The molecule has 2 fully saturated rings. The van der Waals surface area contributed by atoms with Gasteiger partial charge in [0.15, 0.2) is 0 Å². The highest BCUT2D eigenvalue weighted by Crippen LogP contribution is 2.38. The zero-order chi connectivity index (χ0) is 10.9. The van der Waals surface area contributed by atoms with Gasteiger partial charge in [-0.05, 0) is 37.5 Å². The SMILES string of the molecule is COC1CCC(NC2CCCC2(C)C)C1. The predicted molar refractivity (Wildman–Crippen MR) is 63.0 cm³/mol. The second-order valence-electron chi connectivity index (χ2n) is 5.97. The van der Waals surface area contributed by atoms with Gasteiger partial charge in [0.05, 0.1) is 6.10 Å². The molecule has 0 radical (unpaired) electrons. The zero-order valence-electron chi connectivity index (χ0n) is 10.4. The highest BCUT2D eigenvalue weighted by Gasteiger charge is 2.36. The van der Waals surface area contributed by atoms with Gasteiger partial charge >= 0.3 is 0 Å². The highest BCUT2D eigenvalue weighted by molar-refractivity contribution is 4.93. The van der Waals surface area contributed by atoms with Crippen molar-refractivity contribution >= 4 is 0 Å². The summed E-state index contributed by atoms with van der Waals surface area (Å²) in [5, 5.41) is 3.85. The third-order valence-corrected chi connectivity index (χ3v) is 4.41. The zero-order valence-corrected chi connectivity index (χ0v) is 10.4. The van der Waals surface area contributed by atoms with E-state index in [1.807, 2.05) is 7.11 Å². The van der Waals surface area contributed by atoms with E-state index in [2.05, 4.69) is 19.2 Å². The third kappa shape index (κ3) is 2.54. The predicted octanol–water partition coefficient (Wildman–Crippen LogP) is 2.72. The molecule has 0 bridgehead atoms. The smallest absolute Gasteiger partial charge is 0.0586 e. The molecule has 0 amide bonds. The molecule has 0 aliphatic heterocycles. The molecule has 1 N–H and O–H groups in total. The lowest BCUT2D eigenvalue weighted by molar-refractivity contribution is 0.105. The first-order chi connectivity index (χ1) is 7.12. The Bertz CT molecular complexity index is 215. The molecule has 15 heavy (non-hydrogen) atoms. The van der Waals surface area contributed by atoms with Crippen LogP contribution in [0.1, 0.15) is 52.4 Å². The van der Waals surface area contributed by atoms with E-state index in [0.29, 0.717) is 17.6 Å². The summed E-state index contributed by atoms with van der Waals surface area (Å²) in [4.78, 5) is 0. The normalized spacial score (nSPS) is 39.8. The monoisotopic (exact) mass is 211 g/mol. The van der Waals surface area contributed by atoms with Crippen LogP contribution in [0.4, 0.5) is 0 Å². The van der Waals surface area contributed by atoms with Crippen LogP contribution in [0.2, 0.25) is 0 Å². The van der Waals surface area contributed by atoms with E-state index in [9.17, 15) is 0 Å². The van der Waals surface area contributed by atoms with Crippen molar-refractivity contribution in [1.82, 2.24) is 5.32 Å². The van der Waals surface area contributed by atoms with E-state index in [0.717, 1.165) is 6.04 Å². The van der Waals surface area contributed by atoms with Crippen LogP contribution in [0, 0.1) is 5.41 Å². The van der Waals surface area contributed by atoms with Crippen molar-refractivity contribution in [2.24, 2.45) is 5.41 Å². The summed E-state index contributed by atoms with van der Waals surface area (Å²) in [5.41, 5.74) is 0.505. The van der Waals surface area contributed by atoms with Crippen molar-refractivity contribution in [2.45, 2.75) is 70.6 Å². The van der Waals surface area contributed by atoms with Crippen LogP contribution >= 0.6 is 0 Å². The average Bonchev–Trinajstić information content (AvgIpc) is 2.75. The Morgan fingerprint density at radius 3 is 2.53 bits per heavy atom. The lowest BCUT2D eigenvalue weighted by Gasteiger charge is -2.30. The van der Waals surface area contributed by atoms with Gasteiger partial charge in [-0.15, -0.1) is 0 Å². The standard InChI is InChI=1S/C13H25NO/c1-13(2)8-4-5-12(13)14-10-6-7-11(9-10)15-3/h10-12,14H,4-9H2,1-3H3. The van der Waals surface area contributed by atoms with Gasteiger partial charge in [0.2, 0.25) is 0 Å². The topological polar surface area (TPSA) is 21.3 Å². The van der Waals surface area contributed by atoms with Crippen LogP contribution in [0.3, 0.4) is 0 Å². The summed E-state index contributed by atoms with van der Waals surface area (Å²) in [6.45, 7) is 4.81. The molecule has 0 spiro atoms. The first-order valence-corrected chi connectivity index (χ1v) is 6.40. The second-order valence-corrected chi connectivity index (χ2v) is 5.97. The molecule has 0 aromatic heterocycles. The number of methoxy groups -OCH3 is 1. The second kappa shape index (κ2) is 4.42. The van der Waals surface area contributed by atoms with Crippen molar-refractivity contribution in [3.8, 4) is 0 Å². The van der Waals surface area contributed by atoms with Crippen LogP contribution in [0.15, 0.2) is 0 Å². The van der Waals surface area contributed by atoms with Gasteiger partial charge in [-0.2, -0.15) is 0 Å². The first-order valence-electron chi connectivity index (χ1n) is 6.40. The molecule has 2 aliphatic carbocycles. The van der Waals surface area contributed by atoms with E-state index in [-0.39, 0.29) is 0 Å². The Kier molecular flexibility index (Phi) is 3.36. The van der Waals surface area contributed by atoms with Gasteiger partial charge in [-0.25, -0.2) is 0 Å². The Balaban J connectivity index is 1.82. The van der Waals surface area contributed by atoms with Gasteiger partial charge in [0, 0.05) is 19.2 Å². The minimum absolute atomic E-state index is 0.505. The molecule has 2 saturated carbocycles. The minimum Gasteiger partial charge on any atom is -0.381 e. The number of ether oxygens (including phenoxy) is 1. The summed E-state index contributed by atoms with van der Waals surface area (Å²) < 4.78 is 5.42. The van der Waals surface area contributed by atoms with Crippen LogP contribution in [0.25, 0.3) is 0 Å². The quantitative estimate of drug-likeness (QED) is 0.775. The Hall–Kier alpha value is -0.0800. The van der Waals surface area contributed by atoms with Crippen LogP contribution in [-0.2, 0) is 4.74 Å². The molecule has 2 nitrogen and oxygen atoms in total. The molecule has 0 heterocycles. The number of nitrogens with one attached hydrogen (secondary N) is 1. The molecular formula is C13H25NO. The fourth-order valence-electron chi connectivity index (χ4n) is 3.23. The lowest BCUT2D eigenvalue weighted by Crippen LogP contribution is -2.43. The maximum atomic E-state index is 5.42. The largest absolute Gasteiger partial charge is 0.381 e. The van der Waals surface area contributed by atoms with E-state index in [1.165, 1.54) is 38.5 Å². The van der Waals surface area contributed by atoms with Crippen molar-refractivity contribution in [1.29, 1.82) is 0 Å². The summed E-state index contributed by atoms with van der Waals surface area (Å²) in [5.74, 6) is 0. The fraction of sp³-hybridized carbons (Fsp3) is 1.00. The Morgan fingerprint density at radius 1 is 1.20 bits per heavy atom. The summed E-state index contributed by atoms with van der Waals surface area (Å²) in [6.07, 6.45) is 8.39. The third-order valence-electron chi connectivity index (χ3n) is 4.41. The molecule has 88 valence electrons. The number of hydrogen-bond donors (Lipinski definition) is 1. The van der Waals surface area contributed by atoms with Crippen molar-refractivity contribution in [3.05, 3.63) is 0 Å². The highest BCUT2D eigenvalue weighted by atomic mass is 16.5. The number of rotatable bonds is 3. The molecule has 2 rings (SSSR count). The average molecular weight is 211 g/mol. The maximum absolute atomic E-state index is 5.42.